The second-order valence-electron chi connectivity index (χ2n) is 6.36. The van der Waals surface area contributed by atoms with Crippen LogP contribution < -0.4 is 10.0 Å². The van der Waals surface area contributed by atoms with Crippen LogP contribution in [-0.2, 0) is 10.0 Å². The van der Waals surface area contributed by atoms with E-state index in [1.807, 2.05) is 18.2 Å². The van der Waals surface area contributed by atoms with Crippen molar-refractivity contribution < 1.29 is 8.42 Å². The van der Waals surface area contributed by atoms with Crippen LogP contribution in [0.1, 0.15) is 12.8 Å². The number of rotatable bonds is 5. The zero-order chi connectivity index (χ0) is 17.9. The fourth-order valence-corrected chi connectivity index (χ4v) is 4.20. The van der Waals surface area contributed by atoms with E-state index in [1.54, 1.807) is 30.3 Å². The number of benzene rings is 2. The summed E-state index contributed by atoms with van der Waals surface area (Å²) in [6.45, 7) is 2.15. The first-order valence-electron chi connectivity index (χ1n) is 8.26. The van der Waals surface area contributed by atoms with Gasteiger partial charge in [-0.15, -0.1) is 0 Å². The number of sulfonamides is 1. The summed E-state index contributed by atoms with van der Waals surface area (Å²) < 4.78 is 28.5. The molecular weight excluding hydrogens is 402 g/mol. The maximum Gasteiger partial charge on any atom is 0.261 e. The second kappa shape index (κ2) is 7.76. The van der Waals surface area contributed by atoms with Crippen LogP contribution in [0.25, 0.3) is 0 Å². The molecule has 3 rings (SSSR count). The van der Waals surface area contributed by atoms with Gasteiger partial charge < -0.3 is 10.2 Å². The predicted molar refractivity (Wildman–Crippen MR) is 106 cm³/mol. The molecule has 25 heavy (non-hydrogen) atoms. The van der Waals surface area contributed by atoms with Crippen LogP contribution in [0.5, 0.6) is 0 Å². The van der Waals surface area contributed by atoms with Gasteiger partial charge in [-0.3, -0.25) is 4.72 Å². The lowest BCUT2D eigenvalue weighted by molar-refractivity contribution is 0.264. The Bertz CT molecular complexity index is 816. The Hall–Kier alpha value is -1.57. The van der Waals surface area contributed by atoms with Crippen LogP contribution in [0, 0.1) is 0 Å². The molecule has 0 saturated carbocycles. The van der Waals surface area contributed by atoms with E-state index in [0.717, 1.165) is 36.1 Å². The lowest BCUT2D eigenvalue weighted by Gasteiger charge is -2.30. The Morgan fingerprint density at radius 2 is 1.68 bits per heavy atom. The van der Waals surface area contributed by atoms with Crippen molar-refractivity contribution in [2.75, 3.05) is 30.2 Å². The van der Waals surface area contributed by atoms with Crippen LogP contribution in [0.3, 0.4) is 0 Å². The van der Waals surface area contributed by atoms with Gasteiger partial charge in [-0.2, -0.15) is 0 Å². The molecular formula is C18H22BrN3O2S. The highest BCUT2D eigenvalue weighted by molar-refractivity contribution is 9.10. The molecule has 1 fully saturated rings. The van der Waals surface area contributed by atoms with Crippen LogP contribution in [0.15, 0.2) is 57.9 Å². The van der Waals surface area contributed by atoms with Gasteiger partial charge in [-0.05, 0) is 75.4 Å². The SMILES string of the molecule is CN1CCC(Nc2cccc(NS(=O)(=O)c3ccc(Br)cc3)c2)CC1. The minimum Gasteiger partial charge on any atom is -0.382 e. The fraction of sp³-hybridized carbons (Fsp3) is 0.333. The summed E-state index contributed by atoms with van der Waals surface area (Å²) in [6, 6.07) is 14.4. The number of halogens is 1. The molecule has 0 bridgehead atoms. The average molecular weight is 424 g/mol. The zero-order valence-electron chi connectivity index (χ0n) is 14.1. The smallest absolute Gasteiger partial charge is 0.261 e. The molecule has 0 unspecified atom stereocenters. The van der Waals surface area contributed by atoms with E-state index in [0.29, 0.717) is 11.7 Å². The highest BCUT2D eigenvalue weighted by Crippen LogP contribution is 2.22. The molecule has 5 nitrogen and oxygen atoms in total. The highest BCUT2D eigenvalue weighted by atomic mass is 79.9. The summed E-state index contributed by atoms with van der Waals surface area (Å²) in [5.74, 6) is 0. The minimum absolute atomic E-state index is 0.240. The van der Waals surface area contributed by atoms with Gasteiger partial charge in [0.05, 0.1) is 10.6 Å². The van der Waals surface area contributed by atoms with Crippen molar-refractivity contribution in [3.63, 3.8) is 0 Å². The Morgan fingerprint density at radius 1 is 1.04 bits per heavy atom. The molecule has 0 aliphatic carbocycles. The average Bonchev–Trinajstić information content (AvgIpc) is 2.57. The maximum atomic E-state index is 12.5. The molecule has 0 aromatic heterocycles. The number of nitrogens with zero attached hydrogens (tertiary/aromatic N) is 1. The van der Waals surface area contributed by atoms with E-state index in [1.165, 1.54) is 0 Å². The molecule has 134 valence electrons. The number of nitrogens with one attached hydrogen (secondary N) is 2. The van der Waals surface area contributed by atoms with Crippen molar-refractivity contribution in [3.05, 3.63) is 53.0 Å². The topological polar surface area (TPSA) is 61.4 Å². The van der Waals surface area contributed by atoms with Crippen molar-refractivity contribution in [3.8, 4) is 0 Å². The quantitative estimate of drug-likeness (QED) is 0.768. The number of hydrogen-bond acceptors (Lipinski definition) is 4. The lowest BCUT2D eigenvalue weighted by Crippen LogP contribution is -2.36. The summed E-state index contributed by atoms with van der Waals surface area (Å²) in [6.07, 6.45) is 2.18. The van der Waals surface area contributed by atoms with Crippen molar-refractivity contribution in [2.45, 2.75) is 23.8 Å². The predicted octanol–water partition coefficient (Wildman–Crippen LogP) is 3.76. The van der Waals surface area contributed by atoms with Crippen LogP contribution in [0.4, 0.5) is 11.4 Å². The minimum atomic E-state index is -3.59. The fourth-order valence-electron chi connectivity index (χ4n) is 2.89. The van der Waals surface area contributed by atoms with E-state index in [-0.39, 0.29) is 4.90 Å². The number of anilines is 2. The Labute approximate surface area is 157 Å². The van der Waals surface area contributed by atoms with Crippen LogP contribution in [-0.4, -0.2) is 39.5 Å². The first-order chi connectivity index (χ1) is 11.9. The molecule has 0 spiro atoms. The molecule has 1 heterocycles. The van der Waals surface area contributed by atoms with E-state index in [4.69, 9.17) is 0 Å². The van der Waals surface area contributed by atoms with Gasteiger partial charge in [-0.1, -0.05) is 22.0 Å². The normalized spacial score (nSPS) is 16.6. The first-order valence-corrected chi connectivity index (χ1v) is 10.5. The second-order valence-corrected chi connectivity index (χ2v) is 8.96. The van der Waals surface area contributed by atoms with E-state index in [9.17, 15) is 8.42 Å². The summed E-state index contributed by atoms with van der Waals surface area (Å²) in [5.41, 5.74) is 1.49. The number of piperidine rings is 1. The third-order valence-corrected chi connectivity index (χ3v) is 6.25. The van der Waals surface area contributed by atoms with Gasteiger partial charge in [0, 0.05) is 16.2 Å². The van der Waals surface area contributed by atoms with Gasteiger partial charge >= 0.3 is 0 Å². The van der Waals surface area contributed by atoms with Gasteiger partial charge in [-0.25, -0.2) is 8.42 Å². The highest BCUT2D eigenvalue weighted by Gasteiger charge is 2.17. The standard InChI is InChI=1S/C18H22BrN3O2S/c1-22-11-9-15(10-12-22)20-16-3-2-4-17(13-16)21-25(23,24)18-7-5-14(19)6-8-18/h2-8,13,15,20-21H,9-12H2,1H3. The molecule has 0 radical (unpaired) electrons. The van der Waals surface area contributed by atoms with E-state index >= 15 is 0 Å². The van der Waals surface area contributed by atoms with Crippen molar-refractivity contribution >= 4 is 37.3 Å². The summed E-state index contributed by atoms with van der Waals surface area (Å²) >= 11 is 3.31. The zero-order valence-corrected chi connectivity index (χ0v) is 16.5. The third kappa shape index (κ3) is 4.96. The van der Waals surface area contributed by atoms with Gasteiger partial charge in [0.25, 0.3) is 10.0 Å². The van der Waals surface area contributed by atoms with Gasteiger partial charge in [0.15, 0.2) is 0 Å². The van der Waals surface area contributed by atoms with Gasteiger partial charge in [0.2, 0.25) is 0 Å². The molecule has 1 aliphatic heterocycles. The monoisotopic (exact) mass is 423 g/mol. The number of hydrogen-bond donors (Lipinski definition) is 2. The first kappa shape index (κ1) is 18.2. The molecule has 1 saturated heterocycles. The molecule has 2 aromatic rings. The Kier molecular flexibility index (Phi) is 5.66. The molecule has 2 N–H and O–H groups in total. The molecule has 2 aromatic carbocycles. The molecule has 1 aliphatic rings. The summed E-state index contributed by atoms with van der Waals surface area (Å²) in [4.78, 5) is 2.56. The maximum absolute atomic E-state index is 12.5. The van der Waals surface area contributed by atoms with Crippen molar-refractivity contribution in [1.82, 2.24) is 4.90 Å². The van der Waals surface area contributed by atoms with Crippen molar-refractivity contribution in [1.29, 1.82) is 0 Å². The molecule has 0 atom stereocenters. The number of likely N-dealkylation sites (tertiary alicyclic amines) is 1. The summed E-state index contributed by atoms with van der Waals surface area (Å²) in [7, 11) is -1.46. The largest absolute Gasteiger partial charge is 0.382 e. The van der Waals surface area contributed by atoms with Crippen LogP contribution >= 0.6 is 15.9 Å². The molecule has 0 amide bonds. The molecule has 7 heteroatoms. The summed E-state index contributed by atoms with van der Waals surface area (Å²) in [5, 5.41) is 3.51. The van der Waals surface area contributed by atoms with Crippen molar-refractivity contribution in [2.24, 2.45) is 0 Å². The van der Waals surface area contributed by atoms with E-state index < -0.39 is 10.0 Å². The Balaban J connectivity index is 1.70. The Morgan fingerprint density at radius 3 is 2.36 bits per heavy atom. The van der Waals surface area contributed by atoms with Crippen LogP contribution in [0.2, 0.25) is 0 Å². The van der Waals surface area contributed by atoms with Gasteiger partial charge in [0.1, 0.15) is 0 Å². The third-order valence-electron chi connectivity index (χ3n) is 4.33. The lowest BCUT2D eigenvalue weighted by atomic mass is 10.1. The van der Waals surface area contributed by atoms with E-state index in [2.05, 4.69) is 37.9 Å².